The number of amides is 1. The highest BCUT2D eigenvalue weighted by Gasteiger charge is 2.24. The lowest BCUT2D eigenvalue weighted by Crippen LogP contribution is -2.48. The lowest BCUT2D eigenvalue weighted by molar-refractivity contribution is 0.0746. The molecule has 0 unspecified atom stereocenters. The third kappa shape index (κ3) is 3.05. The molecule has 1 amide bonds. The van der Waals surface area contributed by atoms with Crippen molar-refractivity contribution in [3.8, 4) is 0 Å². The molecule has 1 aliphatic heterocycles. The second-order valence-electron chi connectivity index (χ2n) is 6.66. The number of piperazine rings is 1. The van der Waals surface area contributed by atoms with E-state index in [2.05, 4.69) is 30.9 Å². The van der Waals surface area contributed by atoms with Crippen molar-refractivity contribution in [2.45, 2.75) is 13.8 Å². The molecule has 4 nitrogen and oxygen atoms in total. The smallest absolute Gasteiger partial charge is 0.253 e. The van der Waals surface area contributed by atoms with Gasteiger partial charge in [-0.25, -0.2) is 9.37 Å². The van der Waals surface area contributed by atoms with Gasteiger partial charge in [-0.3, -0.25) is 4.79 Å². The number of benzene rings is 2. The Hall–Kier alpha value is -2.47. The predicted octanol–water partition coefficient (Wildman–Crippen LogP) is 4.01. The number of halogens is 1. The number of thiazole rings is 1. The number of carbonyl (C=O) groups excluding carboxylic acids is 1. The Kier molecular flexibility index (Phi) is 4.36. The Morgan fingerprint density at radius 3 is 2.31 bits per heavy atom. The molecule has 0 bridgehead atoms. The number of rotatable bonds is 2. The molecule has 0 spiro atoms. The second-order valence-corrected chi connectivity index (χ2v) is 7.64. The van der Waals surface area contributed by atoms with Crippen molar-refractivity contribution in [2.24, 2.45) is 0 Å². The van der Waals surface area contributed by atoms with Gasteiger partial charge in [0, 0.05) is 31.7 Å². The summed E-state index contributed by atoms with van der Waals surface area (Å²) >= 11 is 1.72. The predicted molar refractivity (Wildman–Crippen MR) is 104 cm³/mol. The largest absolute Gasteiger partial charge is 0.345 e. The lowest BCUT2D eigenvalue weighted by Gasteiger charge is -2.34. The Labute approximate surface area is 155 Å². The van der Waals surface area contributed by atoms with Crippen LogP contribution in [0.15, 0.2) is 36.4 Å². The molecule has 0 N–H and O–H groups in total. The number of aromatic nitrogens is 1. The summed E-state index contributed by atoms with van der Waals surface area (Å²) in [5.41, 5.74) is 4.05. The van der Waals surface area contributed by atoms with Crippen molar-refractivity contribution in [3.63, 3.8) is 0 Å². The first-order chi connectivity index (χ1) is 12.5. The lowest BCUT2D eigenvalue weighted by atomic mass is 10.1. The molecule has 0 aliphatic carbocycles. The van der Waals surface area contributed by atoms with E-state index in [0.717, 1.165) is 23.7 Å². The minimum atomic E-state index is -0.326. The average molecular weight is 369 g/mol. The van der Waals surface area contributed by atoms with E-state index in [1.807, 2.05) is 4.90 Å². The maximum absolute atomic E-state index is 13.0. The molecule has 1 saturated heterocycles. The molecule has 1 aromatic heterocycles. The van der Waals surface area contributed by atoms with Crippen LogP contribution in [0, 0.1) is 19.7 Å². The number of anilines is 1. The zero-order valence-corrected chi connectivity index (χ0v) is 15.6. The highest BCUT2D eigenvalue weighted by molar-refractivity contribution is 7.22. The summed E-state index contributed by atoms with van der Waals surface area (Å²) in [6, 6.07) is 10.00. The van der Waals surface area contributed by atoms with Crippen LogP contribution in [-0.2, 0) is 0 Å². The summed E-state index contributed by atoms with van der Waals surface area (Å²) in [5, 5.41) is 1.02. The fourth-order valence-electron chi connectivity index (χ4n) is 3.26. The zero-order valence-electron chi connectivity index (χ0n) is 14.8. The fraction of sp³-hybridized carbons (Fsp3) is 0.300. The quantitative estimate of drug-likeness (QED) is 0.685. The van der Waals surface area contributed by atoms with Crippen molar-refractivity contribution in [3.05, 3.63) is 58.9 Å². The van der Waals surface area contributed by atoms with Crippen LogP contribution in [0.3, 0.4) is 0 Å². The normalized spacial score (nSPS) is 14.9. The highest BCUT2D eigenvalue weighted by Crippen LogP contribution is 2.33. The van der Waals surface area contributed by atoms with Gasteiger partial charge in [-0.15, -0.1) is 0 Å². The van der Waals surface area contributed by atoms with Crippen LogP contribution in [0.5, 0.6) is 0 Å². The van der Waals surface area contributed by atoms with Crippen molar-refractivity contribution >= 4 is 32.6 Å². The van der Waals surface area contributed by atoms with Gasteiger partial charge in [0.15, 0.2) is 5.13 Å². The first-order valence-corrected chi connectivity index (χ1v) is 9.51. The number of aryl methyl sites for hydroxylation is 2. The molecule has 2 aromatic carbocycles. The number of carbonyl (C=O) groups is 1. The highest BCUT2D eigenvalue weighted by atomic mass is 32.1. The third-order valence-electron chi connectivity index (χ3n) is 4.86. The van der Waals surface area contributed by atoms with E-state index in [0.29, 0.717) is 18.7 Å². The molecule has 134 valence electrons. The summed E-state index contributed by atoms with van der Waals surface area (Å²) < 4.78 is 14.3. The van der Waals surface area contributed by atoms with Crippen LogP contribution >= 0.6 is 11.3 Å². The number of hydrogen-bond acceptors (Lipinski definition) is 4. The summed E-state index contributed by atoms with van der Waals surface area (Å²) in [5.74, 6) is -0.367. The first-order valence-electron chi connectivity index (χ1n) is 8.69. The molecular weight excluding hydrogens is 349 g/mol. The summed E-state index contributed by atoms with van der Waals surface area (Å²) in [7, 11) is 0. The molecule has 3 aromatic rings. The van der Waals surface area contributed by atoms with Gasteiger partial charge >= 0.3 is 0 Å². The van der Waals surface area contributed by atoms with E-state index < -0.39 is 0 Å². The first kappa shape index (κ1) is 17.0. The van der Waals surface area contributed by atoms with Crippen LogP contribution in [0.4, 0.5) is 9.52 Å². The average Bonchev–Trinajstić information content (AvgIpc) is 3.12. The van der Waals surface area contributed by atoms with Gasteiger partial charge in [0.1, 0.15) is 5.82 Å². The van der Waals surface area contributed by atoms with Crippen molar-refractivity contribution in [1.29, 1.82) is 0 Å². The van der Waals surface area contributed by atoms with Crippen molar-refractivity contribution in [1.82, 2.24) is 9.88 Å². The monoisotopic (exact) mass is 369 g/mol. The molecule has 1 aliphatic rings. The van der Waals surface area contributed by atoms with E-state index in [4.69, 9.17) is 4.98 Å². The van der Waals surface area contributed by atoms with Crippen LogP contribution in [0.2, 0.25) is 0 Å². The second kappa shape index (κ2) is 6.68. The van der Waals surface area contributed by atoms with Gasteiger partial charge in [-0.05, 0) is 49.2 Å². The third-order valence-corrected chi connectivity index (χ3v) is 6.11. The van der Waals surface area contributed by atoms with E-state index in [9.17, 15) is 9.18 Å². The van der Waals surface area contributed by atoms with Gasteiger partial charge < -0.3 is 9.80 Å². The molecular formula is C20H20FN3OS. The Balaban J connectivity index is 1.48. The van der Waals surface area contributed by atoms with Gasteiger partial charge in [0.2, 0.25) is 0 Å². The van der Waals surface area contributed by atoms with Crippen LogP contribution in [0.1, 0.15) is 21.5 Å². The Bertz CT molecular complexity index is 920. The van der Waals surface area contributed by atoms with E-state index in [-0.39, 0.29) is 11.7 Å². The summed E-state index contributed by atoms with van der Waals surface area (Å²) in [6.45, 7) is 7.00. The van der Waals surface area contributed by atoms with Crippen molar-refractivity contribution in [2.75, 3.05) is 31.1 Å². The topological polar surface area (TPSA) is 36.4 Å². The molecule has 6 heteroatoms. The number of hydrogen-bond donors (Lipinski definition) is 0. The van der Waals surface area contributed by atoms with E-state index in [1.165, 1.54) is 28.0 Å². The summed E-state index contributed by atoms with van der Waals surface area (Å²) in [6.07, 6.45) is 0. The molecule has 4 rings (SSSR count). The Morgan fingerprint density at radius 2 is 1.65 bits per heavy atom. The zero-order chi connectivity index (χ0) is 18.3. The molecule has 0 atom stereocenters. The number of nitrogens with zero attached hydrogens (tertiary/aromatic N) is 3. The fourth-order valence-corrected chi connectivity index (χ4v) is 4.42. The van der Waals surface area contributed by atoms with Gasteiger partial charge in [-0.1, -0.05) is 23.5 Å². The van der Waals surface area contributed by atoms with Crippen molar-refractivity contribution < 1.29 is 9.18 Å². The maximum Gasteiger partial charge on any atom is 0.253 e. The maximum atomic E-state index is 13.0. The van der Waals surface area contributed by atoms with E-state index >= 15 is 0 Å². The standard InChI is InChI=1S/C20H20FN3OS/c1-13-3-4-14(2)18-17(13)22-20(26-18)24-11-9-23(10-12-24)19(25)15-5-7-16(21)8-6-15/h3-8H,9-12H2,1-2H3. The molecule has 0 saturated carbocycles. The van der Waals surface area contributed by atoms with E-state index in [1.54, 1.807) is 23.5 Å². The van der Waals surface area contributed by atoms with Crippen LogP contribution < -0.4 is 4.90 Å². The molecule has 1 fully saturated rings. The van der Waals surface area contributed by atoms with Gasteiger partial charge in [0.05, 0.1) is 10.2 Å². The minimum absolute atomic E-state index is 0.0411. The molecule has 26 heavy (non-hydrogen) atoms. The molecule has 0 radical (unpaired) electrons. The SMILES string of the molecule is Cc1ccc(C)c2sc(N3CCN(C(=O)c4ccc(F)cc4)CC3)nc12. The molecule has 2 heterocycles. The number of fused-ring (bicyclic) bond motifs is 1. The van der Waals surface area contributed by atoms with Gasteiger partial charge in [-0.2, -0.15) is 0 Å². The van der Waals surface area contributed by atoms with Crippen LogP contribution in [-0.4, -0.2) is 42.0 Å². The minimum Gasteiger partial charge on any atom is -0.345 e. The van der Waals surface area contributed by atoms with Crippen LogP contribution in [0.25, 0.3) is 10.2 Å². The summed E-state index contributed by atoms with van der Waals surface area (Å²) in [4.78, 5) is 21.5. The Morgan fingerprint density at radius 1 is 1.00 bits per heavy atom. The van der Waals surface area contributed by atoms with Gasteiger partial charge in [0.25, 0.3) is 5.91 Å².